The Balaban J connectivity index is 2.19. The first-order chi connectivity index (χ1) is 8.04. The number of methoxy groups -OCH3 is 1. The van der Waals surface area contributed by atoms with Crippen molar-refractivity contribution in [2.45, 2.75) is 12.8 Å². The summed E-state index contributed by atoms with van der Waals surface area (Å²) in [4.78, 5) is 25.6. The minimum absolute atomic E-state index is 0.0252. The van der Waals surface area contributed by atoms with Crippen LogP contribution in [0.25, 0.3) is 0 Å². The quantitative estimate of drug-likeness (QED) is 0.690. The van der Waals surface area contributed by atoms with E-state index in [-0.39, 0.29) is 18.4 Å². The second-order valence-corrected chi connectivity index (χ2v) is 4.42. The Morgan fingerprint density at radius 3 is 2.65 bits per heavy atom. The van der Waals surface area contributed by atoms with Crippen LogP contribution in [0.3, 0.4) is 0 Å². The number of ether oxygens (including phenoxy) is 1. The molecule has 17 heavy (non-hydrogen) atoms. The minimum atomic E-state index is -0.796. The lowest BCUT2D eigenvalue weighted by Crippen LogP contribution is -2.54. The first-order valence-corrected chi connectivity index (χ1v) is 5.75. The molecule has 0 aromatic heterocycles. The molecule has 1 saturated heterocycles. The van der Waals surface area contributed by atoms with E-state index in [1.165, 1.54) is 0 Å². The topological polar surface area (TPSA) is 70.1 Å². The van der Waals surface area contributed by atoms with Crippen LogP contribution in [0.5, 0.6) is 0 Å². The van der Waals surface area contributed by atoms with E-state index in [1.54, 1.807) is 24.0 Å². The Hall–Kier alpha value is -1.30. The van der Waals surface area contributed by atoms with Gasteiger partial charge in [-0.3, -0.25) is 4.79 Å². The summed E-state index contributed by atoms with van der Waals surface area (Å²) < 4.78 is 4.92. The van der Waals surface area contributed by atoms with Crippen LogP contribution < -0.4 is 0 Å². The van der Waals surface area contributed by atoms with E-state index < -0.39 is 5.97 Å². The highest BCUT2D eigenvalue weighted by Crippen LogP contribution is 2.20. The summed E-state index contributed by atoms with van der Waals surface area (Å²) in [5.74, 6) is -0.681. The lowest BCUT2D eigenvalue weighted by molar-refractivity contribution is -0.139. The van der Waals surface area contributed by atoms with Crippen LogP contribution in [0.4, 0.5) is 4.79 Å². The van der Waals surface area contributed by atoms with Gasteiger partial charge in [0.05, 0.1) is 6.42 Å². The highest BCUT2D eigenvalue weighted by molar-refractivity contribution is 5.75. The first-order valence-electron chi connectivity index (χ1n) is 5.75. The van der Waals surface area contributed by atoms with E-state index >= 15 is 0 Å². The van der Waals surface area contributed by atoms with Crippen molar-refractivity contribution in [3.8, 4) is 0 Å². The number of hydrogen-bond donors (Lipinski definition) is 1. The fourth-order valence-electron chi connectivity index (χ4n) is 1.89. The molecule has 0 aromatic rings. The van der Waals surface area contributed by atoms with Gasteiger partial charge in [-0.25, -0.2) is 4.79 Å². The SMILES string of the molecule is COCCCN(C)C(=O)N1CC(CC(=O)O)C1. The van der Waals surface area contributed by atoms with E-state index in [0.29, 0.717) is 26.2 Å². The predicted molar refractivity (Wildman–Crippen MR) is 61.8 cm³/mol. The maximum absolute atomic E-state index is 11.8. The van der Waals surface area contributed by atoms with Gasteiger partial charge in [-0.1, -0.05) is 0 Å². The molecule has 6 nitrogen and oxygen atoms in total. The van der Waals surface area contributed by atoms with Gasteiger partial charge in [0, 0.05) is 46.3 Å². The van der Waals surface area contributed by atoms with Crippen LogP contribution in [0.1, 0.15) is 12.8 Å². The van der Waals surface area contributed by atoms with E-state index in [9.17, 15) is 9.59 Å². The number of aliphatic carboxylic acids is 1. The maximum atomic E-state index is 11.8. The smallest absolute Gasteiger partial charge is 0.319 e. The number of hydrogen-bond acceptors (Lipinski definition) is 3. The Morgan fingerprint density at radius 2 is 2.12 bits per heavy atom. The number of nitrogens with zero attached hydrogens (tertiary/aromatic N) is 2. The summed E-state index contributed by atoms with van der Waals surface area (Å²) in [6.45, 7) is 2.41. The zero-order chi connectivity index (χ0) is 12.8. The highest BCUT2D eigenvalue weighted by atomic mass is 16.5. The standard InChI is InChI=1S/C11H20N2O4/c1-12(4-3-5-17-2)11(16)13-7-9(8-13)6-10(14)15/h9H,3-8H2,1-2H3,(H,14,15). The number of rotatable bonds is 6. The molecule has 1 aliphatic rings. The van der Waals surface area contributed by atoms with Crippen molar-refractivity contribution in [2.75, 3.05) is 40.4 Å². The zero-order valence-electron chi connectivity index (χ0n) is 10.4. The third-order valence-electron chi connectivity index (χ3n) is 2.86. The number of carboxylic acid groups (broad SMARTS) is 1. The Morgan fingerprint density at radius 1 is 1.47 bits per heavy atom. The number of amides is 2. The molecule has 0 radical (unpaired) electrons. The molecule has 0 unspecified atom stereocenters. The molecule has 6 heteroatoms. The molecule has 0 bridgehead atoms. The summed E-state index contributed by atoms with van der Waals surface area (Å²) in [5, 5.41) is 8.60. The molecular formula is C11H20N2O4. The van der Waals surface area contributed by atoms with Crippen LogP contribution in [0, 0.1) is 5.92 Å². The van der Waals surface area contributed by atoms with Crippen molar-refractivity contribution in [1.29, 1.82) is 0 Å². The van der Waals surface area contributed by atoms with Gasteiger partial charge in [0.25, 0.3) is 0 Å². The second kappa shape index (κ2) is 6.44. The summed E-state index contributed by atoms with van der Waals surface area (Å²) in [6.07, 6.45) is 0.961. The summed E-state index contributed by atoms with van der Waals surface area (Å²) in [6, 6.07) is -0.0252. The predicted octanol–water partition coefficient (Wildman–Crippen LogP) is 0.481. The van der Waals surface area contributed by atoms with Gasteiger partial charge in [-0.05, 0) is 6.42 Å². The van der Waals surface area contributed by atoms with E-state index in [0.717, 1.165) is 6.42 Å². The van der Waals surface area contributed by atoms with Crippen LogP contribution >= 0.6 is 0 Å². The fourth-order valence-corrected chi connectivity index (χ4v) is 1.89. The molecule has 1 rings (SSSR count). The average molecular weight is 244 g/mol. The van der Waals surface area contributed by atoms with Crippen LogP contribution in [0.15, 0.2) is 0 Å². The molecule has 0 aromatic carbocycles. The van der Waals surface area contributed by atoms with Gasteiger partial charge in [0.2, 0.25) is 0 Å². The molecule has 1 N–H and O–H groups in total. The Bertz CT molecular complexity index is 277. The van der Waals surface area contributed by atoms with Crippen molar-refractivity contribution in [2.24, 2.45) is 5.92 Å². The Kier molecular flexibility index (Phi) is 5.21. The largest absolute Gasteiger partial charge is 0.481 e. The van der Waals surface area contributed by atoms with Crippen molar-refractivity contribution in [3.05, 3.63) is 0 Å². The van der Waals surface area contributed by atoms with Gasteiger partial charge < -0.3 is 19.6 Å². The van der Waals surface area contributed by atoms with Crippen LogP contribution in [-0.4, -0.2) is 67.3 Å². The summed E-state index contributed by atoms with van der Waals surface area (Å²) in [7, 11) is 3.39. The van der Waals surface area contributed by atoms with Crippen LogP contribution in [-0.2, 0) is 9.53 Å². The third kappa shape index (κ3) is 4.22. The zero-order valence-corrected chi connectivity index (χ0v) is 10.4. The Labute approximate surface area is 101 Å². The highest BCUT2D eigenvalue weighted by Gasteiger charge is 2.33. The monoisotopic (exact) mass is 244 g/mol. The first kappa shape index (κ1) is 13.8. The van der Waals surface area contributed by atoms with Crippen molar-refractivity contribution < 1.29 is 19.4 Å². The minimum Gasteiger partial charge on any atom is -0.481 e. The van der Waals surface area contributed by atoms with Crippen molar-refractivity contribution in [3.63, 3.8) is 0 Å². The van der Waals surface area contributed by atoms with Gasteiger partial charge in [0.1, 0.15) is 0 Å². The van der Waals surface area contributed by atoms with Gasteiger partial charge in [0.15, 0.2) is 0 Å². The molecule has 0 aliphatic carbocycles. The lowest BCUT2D eigenvalue weighted by atomic mass is 9.97. The van der Waals surface area contributed by atoms with Gasteiger partial charge >= 0.3 is 12.0 Å². The molecule has 0 spiro atoms. The summed E-state index contributed by atoms with van der Waals surface area (Å²) in [5.41, 5.74) is 0. The lowest BCUT2D eigenvalue weighted by Gasteiger charge is -2.40. The number of likely N-dealkylation sites (tertiary alicyclic amines) is 1. The average Bonchev–Trinajstić information content (AvgIpc) is 2.21. The molecule has 0 atom stereocenters. The summed E-state index contributed by atoms with van der Waals surface area (Å²) >= 11 is 0. The van der Waals surface area contributed by atoms with E-state index in [4.69, 9.17) is 9.84 Å². The number of carboxylic acids is 1. The molecule has 1 fully saturated rings. The van der Waals surface area contributed by atoms with Crippen molar-refractivity contribution in [1.82, 2.24) is 9.80 Å². The second-order valence-electron chi connectivity index (χ2n) is 4.42. The van der Waals surface area contributed by atoms with Gasteiger partial charge in [-0.15, -0.1) is 0 Å². The molecule has 98 valence electrons. The number of urea groups is 1. The maximum Gasteiger partial charge on any atom is 0.319 e. The molecule has 1 heterocycles. The number of carbonyl (C=O) groups is 2. The fraction of sp³-hybridized carbons (Fsp3) is 0.818. The van der Waals surface area contributed by atoms with E-state index in [2.05, 4.69) is 0 Å². The van der Waals surface area contributed by atoms with Crippen molar-refractivity contribution >= 4 is 12.0 Å². The molecular weight excluding hydrogens is 224 g/mol. The molecule has 0 saturated carbocycles. The van der Waals surface area contributed by atoms with E-state index in [1.807, 2.05) is 0 Å². The third-order valence-corrected chi connectivity index (χ3v) is 2.86. The number of carbonyl (C=O) groups excluding carboxylic acids is 1. The van der Waals surface area contributed by atoms with Gasteiger partial charge in [-0.2, -0.15) is 0 Å². The molecule has 2 amide bonds. The molecule has 1 aliphatic heterocycles. The van der Waals surface area contributed by atoms with Crippen LogP contribution in [0.2, 0.25) is 0 Å². The normalized spacial score (nSPS) is 15.5.